The molecule has 1 saturated heterocycles. The lowest BCUT2D eigenvalue weighted by Gasteiger charge is -2.16. The van der Waals surface area contributed by atoms with Crippen molar-refractivity contribution in [1.29, 1.82) is 5.26 Å². The molecule has 1 aliphatic rings. The minimum atomic E-state index is -4.72. The van der Waals surface area contributed by atoms with Crippen LogP contribution in [0.3, 0.4) is 0 Å². The van der Waals surface area contributed by atoms with Crippen LogP contribution in [0.5, 0.6) is 17.2 Å². The molecule has 1 aliphatic heterocycles. The van der Waals surface area contributed by atoms with Crippen molar-refractivity contribution in [1.82, 2.24) is 5.32 Å². The van der Waals surface area contributed by atoms with E-state index in [0.717, 1.165) is 23.9 Å². The number of rotatable bonds is 7. The molecular weight excluding hydrogens is 459 g/mol. The molecule has 0 radical (unpaired) electrons. The summed E-state index contributed by atoms with van der Waals surface area (Å²) in [4.78, 5) is 16.7. The Morgan fingerprint density at radius 1 is 1.21 bits per heavy atom. The average Bonchev–Trinajstić information content (AvgIpc) is 3.13. The molecule has 0 spiro atoms. The molecule has 0 aromatic heterocycles. The fraction of sp³-hybridized carbons (Fsp3) is 0.227. The van der Waals surface area contributed by atoms with Crippen molar-refractivity contribution in [2.24, 2.45) is 4.99 Å². The summed E-state index contributed by atoms with van der Waals surface area (Å²) in [6.45, 7) is 0.376. The molecule has 1 heterocycles. The summed E-state index contributed by atoms with van der Waals surface area (Å²) in [6, 6.07) is 9.21. The smallest absolute Gasteiger partial charge is 0.420 e. The number of nitrogens with one attached hydrogen (secondary N) is 1. The quantitative estimate of drug-likeness (QED) is 0.455. The van der Waals surface area contributed by atoms with E-state index in [0.29, 0.717) is 28.6 Å². The molecule has 33 heavy (non-hydrogen) atoms. The summed E-state index contributed by atoms with van der Waals surface area (Å²) in [7, 11) is 1.34. The first-order valence-electron chi connectivity index (χ1n) is 9.58. The summed E-state index contributed by atoms with van der Waals surface area (Å²) < 4.78 is 51.0. The average molecular weight is 477 g/mol. The van der Waals surface area contributed by atoms with Gasteiger partial charge in [0, 0.05) is 13.2 Å². The lowest BCUT2D eigenvalue weighted by molar-refractivity contribution is -0.138. The van der Waals surface area contributed by atoms with E-state index in [4.69, 9.17) is 19.8 Å². The molecule has 0 atom stereocenters. The van der Waals surface area contributed by atoms with Gasteiger partial charge in [0.2, 0.25) is 0 Å². The summed E-state index contributed by atoms with van der Waals surface area (Å²) >= 11 is 1.14. The molecule has 0 unspecified atom stereocenters. The maximum Gasteiger partial charge on any atom is 0.420 e. The highest BCUT2D eigenvalue weighted by molar-refractivity contribution is 8.18. The van der Waals surface area contributed by atoms with Crippen LogP contribution >= 0.6 is 11.8 Å². The number of aliphatic imine (C=N–C) groups is 1. The Morgan fingerprint density at radius 3 is 2.64 bits per heavy atom. The molecule has 0 bridgehead atoms. The third kappa shape index (κ3) is 6.06. The van der Waals surface area contributed by atoms with Gasteiger partial charge in [-0.2, -0.15) is 18.4 Å². The van der Waals surface area contributed by atoms with Gasteiger partial charge in [0.1, 0.15) is 5.75 Å². The number of aliphatic hydroxyl groups excluding tert-OH is 1. The predicted octanol–water partition coefficient (Wildman–Crippen LogP) is 4.32. The van der Waals surface area contributed by atoms with Gasteiger partial charge in [-0.1, -0.05) is 6.07 Å². The summed E-state index contributed by atoms with van der Waals surface area (Å²) in [6.07, 6.45) is -2.65. The molecule has 2 N–H and O–H groups in total. The number of thioether (sulfide) groups is 1. The lowest BCUT2D eigenvalue weighted by Crippen LogP contribution is -2.20. The first-order chi connectivity index (χ1) is 15.7. The van der Waals surface area contributed by atoms with Gasteiger partial charge in [0.25, 0.3) is 5.91 Å². The molecule has 1 fully saturated rings. The number of aliphatic hydroxyl groups is 1. The number of alkyl halides is 3. The van der Waals surface area contributed by atoms with Crippen LogP contribution in [0.4, 0.5) is 13.2 Å². The Morgan fingerprint density at radius 2 is 1.97 bits per heavy atom. The number of nitriles is 1. The van der Waals surface area contributed by atoms with Crippen LogP contribution in [0.15, 0.2) is 46.3 Å². The SMILES string of the molecule is COc1cc(/C=C2\SC(=NCCCO)NC2=O)ccc1Oc1ccc(C#N)cc1C(F)(F)F. The van der Waals surface area contributed by atoms with Crippen molar-refractivity contribution in [2.45, 2.75) is 12.6 Å². The van der Waals surface area contributed by atoms with Crippen molar-refractivity contribution >= 4 is 28.9 Å². The number of carbonyl (C=O) groups is 1. The maximum absolute atomic E-state index is 13.4. The monoisotopic (exact) mass is 477 g/mol. The van der Waals surface area contributed by atoms with E-state index in [1.54, 1.807) is 18.2 Å². The van der Waals surface area contributed by atoms with Crippen LogP contribution in [0, 0.1) is 11.3 Å². The molecule has 1 amide bonds. The third-order valence-corrected chi connectivity index (χ3v) is 5.29. The largest absolute Gasteiger partial charge is 0.493 e. The van der Waals surface area contributed by atoms with Gasteiger partial charge < -0.3 is 19.9 Å². The van der Waals surface area contributed by atoms with Crippen LogP contribution in [0.1, 0.15) is 23.1 Å². The Balaban J connectivity index is 1.86. The normalized spacial score (nSPS) is 16.1. The summed E-state index contributed by atoms with van der Waals surface area (Å²) in [5.74, 6) is -0.624. The minimum Gasteiger partial charge on any atom is -0.493 e. The highest BCUT2D eigenvalue weighted by atomic mass is 32.2. The molecule has 2 aromatic rings. The zero-order valence-corrected chi connectivity index (χ0v) is 18.1. The topological polar surface area (TPSA) is 104 Å². The van der Waals surface area contributed by atoms with E-state index in [-0.39, 0.29) is 29.6 Å². The number of carbonyl (C=O) groups excluding carboxylic acids is 1. The van der Waals surface area contributed by atoms with Crippen molar-refractivity contribution in [3.05, 3.63) is 58.0 Å². The van der Waals surface area contributed by atoms with E-state index < -0.39 is 17.5 Å². The number of methoxy groups -OCH3 is 1. The van der Waals surface area contributed by atoms with Gasteiger partial charge in [-0.15, -0.1) is 0 Å². The number of ether oxygens (including phenoxy) is 2. The number of hydrogen-bond donors (Lipinski definition) is 2. The number of amides is 1. The second-order valence-corrected chi connectivity index (χ2v) is 7.69. The number of hydrogen-bond acceptors (Lipinski definition) is 7. The molecule has 7 nitrogen and oxygen atoms in total. The van der Waals surface area contributed by atoms with E-state index in [9.17, 15) is 18.0 Å². The van der Waals surface area contributed by atoms with E-state index >= 15 is 0 Å². The standard InChI is InChI=1S/C22H18F3N3O4S/c1-31-18-10-13(11-19-20(30)28-21(33-19)27-7-2-8-29)3-6-17(18)32-16-5-4-14(12-26)9-15(16)22(23,24)25/h3-6,9-11,29H,2,7-8H2,1H3,(H,27,28,30)/b19-11-. The molecule has 0 saturated carbocycles. The number of halogens is 3. The highest BCUT2D eigenvalue weighted by Crippen LogP contribution is 2.41. The van der Waals surface area contributed by atoms with Crippen LogP contribution in [0.25, 0.3) is 6.08 Å². The van der Waals surface area contributed by atoms with Crippen molar-refractivity contribution < 1.29 is 32.5 Å². The van der Waals surface area contributed by atoms with Gasteiger partial charge >= 0.3 is 6.18 Å². The van der Waals surface area contributed by atoms with Gasteiger partial charge in [-0.25, -0.2) is 0 Å². The minimum absolute atomic E-state index is 0.000758. The zero-order chi connectivity index (χ0) is 24.0. The summed E-state index contributed by atoms with van der Waals surface area (Å²) in [5.41, 5.74) is -0.665. The van der Waals surface area contributed by atoms with Gasteiger partial charge in [0.15, 0.2) is 16.7 Å². The van der Waals surface area contributed by atoms with E-state index in [2.05, 4.69) is 10.3 Å². The van der Waals surface area contributed by atoms with Crippen LogP contribution in [-0.4, -0.2) is 36.4 Å². The second kappa shape index (κ2) is 10.4. The Bertz CT molecular complexity index is 1160. The van der Waals surface area contributed by atoms with Crippen LogP contribution in [-0.2, 0) is 11.0 Å². The number of benzene rings is 2. The first-order valence-corrected chi connectivity index (χ1v) is 10.4. The Hall–Kier alpha value is -3.49. The molecule has 11 heteroatoms. The maximum atomic E-state index is 13.4. The van der Waals surface area contributed by atoms with Gasteiger partial charge in [-0.3, -0.25) is 9.79 Å². The Kier molecular flexibility index (Phi) is 7.63. The van der Waals surface area contributed by atoms with Crippen LogP contribution < -0.4 is 14.8 Å². The molecule has 2 aromatic carbocycles. The van der Waals surface area contributed by atoms with Crippen LogP contribution in [0.2, 0.25) is 0 Å². The van der Waals surface area contributed by atoms with E-state index in [1.165, 1.54) is 25.3 Å². The fourth-order valence-corrected chi connectivity index (χ4v) is 3.64. The van der Waals surface area contributed by atoms with E-state index in [1.807, 2.05) is 0 Å². The third-order valence-electron chi connectivity index (χ3n) is 4.34. The number of nitrogens with zero attached hydrogens (tertiary/aromatic N) is 2. The van der Waals surface area contributed by atoms with Crippen molar-refractivity contribution in [3.63, 3.8) is 0 Å². The molecule has 0 aliphatic carbocycles. The predicted molar refractivity (Wildman–Crippen MR) is 117 cm³/mol. The first kappa shape index (κ1) is 24.2. The Labute approximate surface area is 191 Å². The van der Waals surface area contributed by atoms with Gasteiger partial charge in [0.05, 0.1) is 29.2 Å². The second-order valence-electron chi connectivity index (χ2n) is 6.66. The molecular formula is C22H18F3N3O4S. The van der Waals surface area contributed by atoms with Crippen molar-refractivity contribution in [3.8, 4) is 23.3 Å². The summed E-state index contributed by atoms with van der Waals surface area (Å²) in [5, 5.41) is 20.8. The molecule has 3 rings (SSSR count). The van der Waals surface area contributed by atoms with Gasteiger partial charge in [-0.05, 0) is 60.2 Å². The fourth-order valence-electron chi connectivity index (χ4n) is 2.79. The number of amidine groups is 1. The zero-order valence-electron chi connectivity index (χ0n) is 17.3. The highest BCUT2D eigenvalue weighted by Gasteiger charge is 2.35. The van der Waals surface area contributed by atoms with Crippen molar-refractivity contribution in [2.75, 3.05) is 20.3 Å². The lowest BCUT2D eigenvalue weighted by atomic mass is 10.1. The molecule has 172 valence electrons.